The van der Waals surface area contributed by atoms with Crippen LogP contribution in [-0.4, -0.2) is 14.6 Å². The zero-order valence-corrected chi connectivity index (χ0v) is 9.92. The van der Waals surface area contributed by atoms with Crippen LogP contribution in [0.1, 0.15) is 43.3 Å². The van der Waals surface area contributed by atoms with Gasteiger partial charge in [0.1, 0.15) is 5.01 Å². The summed E-state index contributed by atoms with van der Waals surface area (Å²) in [5, 5.41) is 5.73. The van der Waals surface area contributed by atoms with Gasteiger partial charge in [-0.15, -0.1) is 0 Å². The predicted molar refractivity (Wildman–Crippen MR) is 62.1 cm³/mol. The van der Waals surface area contributed by atoms with Gasteiger partial charge in [-0.2, -0.15) is 5.10 Å². The molecule has 0 aliphatic rings. The first kappa shape index (κ1) is 10.6. The van der Waals surface area contributed by atoms with Crippen molar-refractivity contribution < 1.29 is 0 Å². The average molecular weight is 224 g/mol. The average Bonchev–Trinajstić information content (AvgIpc) is 2.77. The van der Waals surface area contributed by atoms with Crippen molar-refractivity contribution in [3.8, 4) is 0 Å². The molecule has 0 bridgehead atoms. The van der Waals surface area contributed by atoms with Crippen LogP contribution in [0.25, 0.3) is 4.96 Å². The van der Waals surface area contributed by atoms with Gasteiger partial charge < -0.3 is 5.73 Å². The van der Waals surface area contributed by atoms with E-state index in [2.05, 4.69) is 23.9 Å². The molecular formula is C10H16N4S. The Labute approximate surface area is 93.1 Å². The first-order valence-corrected chi connectivity index (χ1v) is 6.15. The van der Waals surface area contributed by atoms with E-state index in [0.29, 0.717) is 12.5 Å². The minimum Gasteiger partial charge on any atom is -0.325 e. The highest BCUT2D eigenvalue weighted by atomic mass is 32.1. The molecule has 0 spiro atoms. The van der Waals surface area contributed by atoms with Crippen LogP contribution < -0.4 is 5.73 Å². The van der Waals surface area contributed by atoms with Crippen LogP contribution in [0.5, 0.6) is 0 Å². The predicted octanol–water partition coefficient (Wildman–Crippen LogP) is 2.15. The van der Waals surface area contributed by atoms with Gasteiger partial charge in [-0.1, -0.05) is 25.2 Å². The Morgan fingerprint density at radius 2 is 2.20 bits per heavy atom. The van der Waals surface area contributed by atoms with Crippen molar-refractivity contribution in [2.75, 3.05) is 0 Å². The Balaban J connectivity index is 2.35. The maximum atomic E-state index is 5.52. The maximum absolute atomic E-state index is 5.52. The zero-order valence-electron chi connectivity index (χ0n) is 9.10. The van der Waals surface area contributed by atoms with Crippen LogP contribution in [-0.2, 0) is 6.54 Å². The molecule has 0 fully saturated rings. The summed E-state index contributed by atoms with van der Waals surface area (Å²) >= 11 is 1.68. The van der Waals surface area contributed by atoms with E-state index in [0.717, 1.165) is 23.5 Å². The van der Waals surface area contributed by atoms with Crippen molar-refractivity contribution in [2.45, 2.75) is 39.2 Å². The van der Waals surface area contributed by atoms with Crippen molar-refractivity contribution in [1.82, 2.24) is 14.6 Å². The third-order valence-electron chi connectivity index (χ3n) is 2.65. The maximum Gasteiger partial charge on any atom is 0.212 e. The second-order valence-electron chi connectivity index (χ2n) is 3.62. The van der Waals surface area contributed by atoms with E-state index in [1.807, 2.05) is 10.7 Å². The highest BCUT2D eigenvalue weighted by Crippen LogP contribution is 2.27. The quantitative estimate of drug-likeness (QED) is 0.865. The third kappa shape index (κ3) is 1.89. The highest BCUT2D eigenvalue weighted by molar-refractivity contribution is 7.16. The molecule has 82 valence electrons. The second-order valence-corrected chi connectivity index (χ2v) is 4.60. The first-order chi connectivity index (χ1) is 7.28. The van der Waals surface area contributed by atoms with Gasteiger partial charge in [0.2, 0.25) is 4.96 Å². The molecule has 0 unspecified atom stereocenters. The summed E-state index contributed by atoms with van der Waals surface area (Å²) in [6.07, 6.45) is 4.19. The van der Waals surface area contributed by atoms with Gasteiger partial charge >= 0.3 is 0 Å². The molecule has 0 amide bonds. The Bertz CT molecular complexity index is 410. The fourth-order valence-corrected chi connectivity index (χ4v) is 2.83. The Hall–Kier alpha value is -0.940. The molecule has 0 aliphatic heterocycles. The summed E-state index contributed by atoms with van der Waals surface area (Å²) in [5.74, 6) is 0.568. The lowest BCUT2D eigenvalue weighted by molar-refractivity contribution is 0.626. The number of aromatic nitrogens is 3. The molecule has 0 saturated heterocycles. The fraction of sp³-hybridized carbons (Fsp3) is 0.600. The van der Waals surface area contributed by atoms with Gasteiger partial charge in [0.15, 0.2) is 0 Å². The molecule has 2 N–H and O–H groups in total. The molecule has 15 heavy (non-hydrogen) atoms. The van der Waals surface area contributed by atoms with Crippen LogP contribution in [0, 0.1) is 0 Å². The largest absolute Gasteiger partial charge is 0.325 e. The van der Waals surface area contributed by atoms with Crippen molar-refractivity contribution in [3.05, 3.63) is 16.9 Å². The minimum atomic E-state index is 0.483. The summed E-state index contributed by atoms with van der Waals surface area (Å²) in [6.45, 7) is 4.88. The number of hydrogen-bond donors (Lipinski definition) is 1. The van der Waals surface area contributed by atoms with Crippen LogP contribution in [0.2, 0.25) is 0 Å². The topological polar surface area (TPSA) is 56.2 Å². The molecule has 0 saturated carbocycles. The monoisotopic (exact) mass is 224 g/mol. The molecule has 0 radical (unpaired) electrons. The zero-order chi connectivity index (χ0) is 10.8. The van der Waals surface area contributed by atoms with E-state index in [-0.39, 0.29) is 0 Å². The smallest absolute Gasteiger partial charge is 0.212 e. The Kier molecular flexibility index (Phi) is 3.02. The van der Waals surface area contributed by atoms with Crippen molar-refractivity contribution in [3.63, 3.8) is 0 Å². The molecule has 2 aromatic heterocycles. The van der Waals surface area contributed by atoms with Crippen molar-refractivity contribution in [2.24, 2.45) is 5.73 Å². The van der Waals surface area contributed by atoms with Crippen LogP contribution in [0.4, 0.5) is 0 Å². The molecular weight excluding hydrogens is 208 g/mol. The van der Waals surface area contributed by atoms with E-state index in [9.17, 15) is 0 Å². The van der Waals surface area contributed by atoms with E-state index < -0.39 is 0 Å². The SMILES string of the molecule is CCC(CC)c1nn2cc(CN)nc2s1. The van der Waals surface area contributed by atoms with Gasteiger partial charge in [0, 0.05) is 12.5 Å². The van der Waals surface area contributed by atoms with Gasteiger partial charge in [0.25, 0.3) is 0 Å². The summed E-state index contributed by atoms with van der Waals surface area (Å²) in [4.78, 5) is 5.35. The normalized spacial score (nSPS) is 11.7. The van der Waals surface area contributed by atoms with Gasteiger partial charge in [-0.05, 0) is 12.8 Å². The van der Waals surface area contributed by atoms with Crippen LogP contribution >= 0.6 is 11.3 Å². The minimum absolute atomic E-state index is 0.483. The molecule has 2 heterocycles. The van der Waals surface area contributed by atoms with Crippen LogP contribution in [0.15, 0.2) is 6.20 Å². The highest BCUT2D eigenvalue weighted by Gasteiger charge is 2.14. The summed E-state index contributed by atoms with van der Waals surface area (Å²) < 4.78 is 1.85. The standard InChI is InChI=1S/C10H16N4S/c1-3-7(4-2)9-13-14-6-8(5-11)12-10(14)15-9/h6-7H,3-5,11H2,1-2H3. The molecule has 0 atom stereocenters. The lowest BCUT2D eigenvalue weighted by Gasteiger charge is -2.05. The molecule has 0 aromatic carbocycles. The second kappa shape index (κ2) is 4.28. The summed E-state index contributed by atoms with van der Waals surface area (Å²) in [5.41, 5.74) is 6.43. The number of rotatable bonds is 4. The molecule has 2 rings (SSSR count). The van der Waals surface area contributed by atoms with Gasteiger partial charge in [-0.25, -0.2) is 9.50 Å². The number of nitrogens with two attached hydrogens (primary N) is 1. The van der Waals surface area contributed by atoms with Gasteiger partial charge in [-0.3, -0.25) is 0 Å². The number of fused-ring (bicyclic) bond motifs is 1. The summed E-state index contributed by atoms with van der Waals surface area (Å²) in [7, 11) is 0. The fourth-order valence-electron chi connectivity index (χ4n) is 1.66. The third-order valence-corrected chi connectivity index (χ3v) is 3.74. The van der Waals surface area contributed by atoms with Crippen LogP contribution in [0.3, 0.4) is 0 Å². The Morgan fingerprint density at radius 1 is 1.47 bits per heavy atom. The molecule has 2 aromatic rings. The lowest BCUT2D eigenvalue weighted by Crippen LogP contribution is -1.97. The number of imidazole rings is 1. The van der Waals surface area contributed by atoms with E-state index in [1.165, 1.54) is 5.01 Å². The Morgan fingerprint density at radius 3 is 2.73 bits per heavy atom. The van der Waals surface area contributed by atoms with Crippen molar-refractivity contribution >= 4 is 16.3 Å². The number of hydrogen-bond acceptors (Lipinski definition) is 4. The molecule has 0 aliphatic carbocycles. The first-order valence-electron chi connectivity index (χ1n) is 5.33. The van der Waals surface area contributed by atoms with E-state index >= 15 is 0 Å². The summed E-state index contributed by atoms with van der Waals surface area (Å²) in [6, 6.07) is 0. The van der Waals surface area contributed by atoms with E-state index in [1.54, 1.807) is 11.3 Å². The molecule has 5 heteroatoms. The van der Waals surface area contributed by atoms with Crippen molar-refractivity contribution in [1.29, 1.82) is 0 Å². The lowest BCUT2D eigenvalue weighted by atomic mass is 10.1. The molecule has 4 nitrogen and oxygen atoms in total. The number of nitrogens with zero attached hydrogens (tertiary/aromatic N) is 3. The van der Waals surface area contributed by atoms with Gasteiger partial charge in [0.05, 0.1) is 11.9 Å². The van der Waals surface area contributed by atoms with E-state index in [4.69, 9.17) is 5.73 Å².